The van der Waals surface area contributed by atoms with Gasteiger partial charge in [0.2, 0.25) is 0 Å². The first-order chi connectivity index (χ1) is 9.10. The summed E-state index contributed by atoms with van der Waals surface area (Å²) >= 11 is 0. The molecule has 5 nitrogen and oxygen atoms in total. The summed E-state index contributed by atoms with van der Waals surface area (Å²) in [5.41, 5.74) is 1.07. The van der Waals surface area contributed by atoms with E-state index >= 15 is 0 Å². The number of esters is 1. The largest absolute Gasteiger partial charge is 0.495 e. The van der Waals surface area contributed by atoms with Crippen LogP contribution in [0.2, 0.25) is 0 Å². The molecule has 1 heterocycles. The number of nitrogens with zero attached hydrogens (tertiary/aromatic N) is 1. The second-order valence-corrected chi connectivity index (χ2v) is 4.04. The predicted molar refractivity (Wildman–Crippen MR) is 70.4 cm³/mol. The van der Waals surface area contributed by atoms with Crippen LogP contribution in [0, 0.1) is 0 Å². The molecule has 100 valence electrons. The van der Waals surface area contributed by atoms with Gasteiger partial charge in [0.05, 0.1) is 24.9 Å². The van der Waals surface area contributed by atoms with Gasteiger partial charge in [0, 0.05) is 12.4 Å². The highest BCUT2D eigenvalue weighted by atomic mass is 16.5. The van der Waals surface area contributed by atoms with Gasteiger partial charge < -0.3 is 14.0 Å². The Morgan fingerprint density at radius 1 is 1.32 bits per heavy atom. The van der Waals surface area contributed by atoms with Crippen molar-refractivity contribution in [1.82, 2.24) is 4.57 Å². The lowest BCUT2D eigenvalue weighted by atomic mass is 10.2. The Morgan fingerprint density at radius 2 is 2.05 bits per heavy atom. The molecular weight excluding hydrogens is 246 g/mol. The van der Waals surface area contributed by atoms with Gasteiger partial charge in [0.25, 0.3) is 5.78 Å². The number of hydrogen-bond acceptors (Lipinski definition) is 4. The fraction of sp³-hybridized carbons (Fsp3) is 0.286. The highest BCUT2D eigenvalue weighted by Crippen LogP contribution is 2.28. The molecule has 2 aromatic rings. The summed E-state index contributed by atoms with van der Waals surface area (Å²) in [4.78, 5) is 23.5. The number of ketones is 1. The second-order valence-electron chi connectivity index (χ2n) is 4.04. The quantitative estimate of drug-likeness (QED) is 0.479. The van der Waals surface area contributed by atoms with Gasteiger partial charge in [-0.15, -0.1) is 0 Å². The van der Waals surface area contributed by atoms with E-state index in [2.05, 4.69) is 0 Å². The van der Waals surface area contributed by atoms with Crippen LogP contribution < -0.4 is 4.74 Å². The molecule has 2 rings (SSSR count). The molecule has 19 heavy (non-hydrogen) atoms. The number of ether oxygens (including phenoxy) is 2. The number of carbonyl (C=O) groups excluding carboxylic acids is 2. The van der Waals surface area contributed by atoms with Gasteiger partial charge in [-0.2, -0.15) is 0 Å². The number of para-hydroxylation sites is 1. The first kappa shape index (κ1) is 13.1. The molecule has 0 N–H and O–H groups in total. The Bertz CT molecular complexity index is 642. The Kier molecular flexibility index (Phi) is 3.55. The molecule has 0 unspecified atom stereocenters. The zero-order valence-corrected chi connectivity index (χ0v) is 11.1. The second kappa shape index (κ2) is 5.14. The van der Waals surface area contributed by atoms with Crippen LogP contribution in [-0.2, 0) is 16.6 Å². The Balaban J connectivity index is 2.54. The molecule has 0 atom stereocenters. The zero-order valence-electron chi connectivity index (χ0n) is 11.1. The van der Waals surface area contributed by atoms with Crippen LogP contribution in [0.1, 0.15) is 17.4 Å². The summed E-state index contributed by atoms with van der Waals surface area (Å²) in [7, 11) is 3.28. The number of methoxy groups -OCH3 is 1. The monoisotopic (exact) mass is 261 g/mol. The topological polar surface area (TPSA) is 57.5 Å². The van der Waals surface area contributed by atoms with E-state index in [1.54, 1.807) is 37.8 Å². The number of aryl methyl sites for hydroxylation is 1. The number of rotatable bonds is 4. The summed E-state index contributed by atoms with van der Waals surface area (Å²) in [6.07, 6.45) is 0. The maximum absolute atomic E-state index is 12.0. The molecule has 1 aromatic heterocycles. The fourth-order valence-electron chi connectivity index (χ4n) is 2.06. The van der Waals surface area contributed by atoms with Crippen molar-refractivity contribution in [2.24, 2.45) is 7.05 Å². The maximum atomic E-state index is 12.0. The van der Waals surface area contributed by atoms with Gasteiger partial charge in [-0.3, -0.25) is 4.79 Å². The molecule has 0 saturated carbocycles. The number of fused-ring (bicyclic) bond motifs is 1. The molecule has 0 spiro atoms. The fourth-order valence-corrected chi connectivity index (χ4v) is 2.06. The summed E-state index contributed by atoms with van der Waals surface area (Å²) < 4.78 is 11.6. The Morgan fingerprint density at radius 3 is 2.68 bits per heavy atom. The average molecular weight is 261 g/mol. The van der Waals surface area contributed by atoms with Gasteiger partial charge in [-0.1, -0.05) is 12.1 Å². The smallest absolute Gasteiger partial charge is 0.381 e. The summed E-state index contributed by atoms with van der Waals surface area (Å²) in [6, 6.07) is 7.16. The third-order valence-electron chi connectivity index (χ3n) is 2.93. The number of aromatic nitrogens is 1. The van der Waals surface area contributed by atoms with Crippen molar-refractivity contribution in [2.75, 3.05) is 13.7 Å². The molecule has 0 saturated heterocycles. The van der Waals surface area contributed by atoms with Crippen LogP contribution in [-0.4, -0.2) is 30.0 Å². The lowest BCUT2D eigenvalue weighted by Gasteiger charge is -2.06. The van der Waals surface area contributed by atoms with Crippen molar-refractivity contribution in [3.05, 3.63) is 30.0 Å². The molecule has 0 bridgehead atoms. The van der Waals surface area contributed by atoms with Crippen molar-refractivity contribution in [3.63, 3.8) is 0 Å². The first-order valence-corrected chi connectivity index (χ1v) is 5.94. The molecule has 0 fully saturated rings. The summed E-state index contributed by atoms with van der Waals surface area (Å²) in [5, 5.41) is 0.842. The lowest BCUT2D eigenvalue weighted by Crippen LogP contribution is -2.20. The van der Waals surface area contributed by atoms with Crippen molar-refractivity contribution in [3.8, 4) is 5.75 Å². The van der Waals surface area contributed by atoms with E-state index in [9.17, 15) is 9.59 Å². The van der Waals surface area contributed by atoms with E-state index in [0.717, 1.165) is 10.9 Å². The van der Waals surface area contributed by atoms with Crippen molar-refractivity contribution >= 4 is 22.7 Å². The van der Waals surface area contributed by atoms with Gasteiger partial charge in [-0.25, -0.2) is 4.79 Å². The number of benzene rings is 1. The van der Waals surface area contributed by atoms with Crippen LogP contribution in [0.4, 0.5) is 0 Å². The molecule has 0 aliphatic heterocycles. The van der Waals surface area contributed by atoms with Gasteiger partial charge in [0.15, 0.2) is 0 Å². The molecule has 0 amide bonds. The summed E-state index contributed by atoms with van der Waals surface area (Å²) in [5.74, 6) is -0.835. The highest BCUT2D eigenvalue weighted by Gasteiger charge is 2.22. The average Bonchev–Trinajstić information content (AvgIpc) is 2.75. The van der Waals surface area contributed by atoms with Crippen LogP contribution in [0.3, 0.4) is 0 Å². The minimum Gasteiger partial charge on any atom is -0.495 e. The minimum atomic E-state index is -0.840. The third kappa shape index (κ3) is 2.19. The molecule has 0 radical (unpaired) electrons. The van der Waals surface area contributed by atoms with Crippen molar-refractivity contribution in [1.29, 1.82) is 0 Å². The predicted octanol–water partition coefficient (Wildman–Crippen LogP) is 1.93. The lowest BCUT2D eigenvalue weighted by molar-refractivity contribution is -0.137. The number of hydrogen-bond donors (Lipinski definition) is 0. The Labute approximate surface area is 110 Å². The summed E-state index contributed by atoms with van der Waals surface area (Å²) in [6.45, 7) is 1.84. The van der Waals surface area contributed by atoms with Crippen LogP contribution in [0.5, 0.6) is 5.75 Å². The molecular formula is C14H15NO4. The zero-order chi connectivity index (χ0) is 14.0. The van der Waals surface area contributed by atoms with Crippen molar-refractivity contribution in [2.45, 2.75) is 6.92 Å². The van der Waals surface area contributed by atoms with Crippen LogP contribution in [0.25, 0.3) is 10.9 Å². The van der Waals surface area contributed by atoms with E-state index in [1.165, 1.54) is 0 Å². The van der Waals surface area contributed by atoms with E-state index in [1.807, 2.05) is 12.1 Å². The normalized spacial score (nSPS) is 10.5. The van der Waals surface area contributed by atoms with Crippen LogP contribution >= 0.6 is 0 Å². The van der Waals surface area contributed by atoms with Crippen molar-refractivity contribution < 1.29 is 19.1 Å². The maximum Gasteiger partial charge on any atom is 0.381 e. The first-order valence-electron chi connectivity index (χ1n) is 5.94. The molecule has 1 aromatic carbocycles. The van der Waals surface area contributed by atoms with E-state index in [4.69, 9.17) is 9.47 Å². The van der Waals surface area contributed by atoms with Gasteiger partial charge in [-0.05, 0) is 19.1 Å². The van der Waals surface area contributed by atoms with E-state index < -0.39 is 11.8 Å². The van der Waals surface area contributed by atoms with Crippen LogP contribution in [0.15, 0.2) is 24.3 Å². The van der Waals surface area contributed by atoms with Gasteiger partial charge >= 0.3 is 5.97 Å². The number of carbonyl (C=O) groups is 2. The number of Topliss-reactive ketones (excluding diaryl/α,β-unsaturated/α-hetero) is 1. The third-order valence-corrected chi connectivity index (χ3v) is 2.93. The molecule has 5 heteroatoms. The van der Waals surface area contributed by atoms with Gasteiger partial charge in [0.1, 0.15) is 5.75 Å². The molecule has 0 aliphatic rings. The SMILES string of the molecule is CCOC(=O)C(=O)c1cc2cccc(OC)c2n1C. The minimum absolute atomic E-state index is 0.178. The molecule has 0 aliphatic carbocycles. The standard InChI is InChI=1S/C14H15NO4/c1-4-19-14(17)13(16)10-8-9-6-5-7-11(18-3)12(9)15(10)2/h5-8H,4H2,1-3H3. The Hall–Kier alpha value is -2.30. The van der Waals surface area contributed by atoms with E-state index in [-0.39, 0.29) is 12.3 Å². The highest BCUT2D eigenvalue weighted by molar-refractivity contribution is 6.40. The van der Waals surface area contributed by atoms with E-state index in [0.29, 0.717) is 5.75 Å².